The Morgan fingerprint density at radius 1 is 1.15 bits per heavy atom. The maximum absolute atomic E-state index is 13.8. The number of benzene rings is 2. The van der Waals surface area contributed by atoms with Crippen molar-refractivity contribution in [2.24, 2.45) is 16.8 Å². The molecule has 27 heavy (non-hydrogen) atoms. The molecule has 1 aliphatic rings. The molecule has 0 spiro atoms. The van der Waals surface area contributed by atoms with Crippen LogP contribution < -0.4 is 5.73 Å². The van der Waals surface area contributed by atoms with Crippen LogP contribution in [0.15, 0.2) is 41.6 Å². The average Bonchev–Trinajstić information content (AvgIpc) is 2.98. The van der Waals surface area contributed by atoms with Crippen LogP contribution in [0.25, 0.3) is 0 Å². The predicted octanol–water partition coefficient (Wildman–Crippen LogP) is 5.05. The van der Waals surface area contributed by atoms with E-state index >= 15 is 0 Å². The zero-order valence-electron chi connectivity index (χ0n) is 13.8. The molecule has 0 saturated heterocycles. The molecule has 4 nitrogen and oxygen atoms in total. The molecule has 2 aromatic rings. The number of hydrogen-bond acceptors (Lipinski definition) is 3. The number of amides is 1. The van der Waals surface area contributed by atoms with E-state index in [-0.39, 0.29) is 32.4 Å². The lowest BCUT2D eigenvalue weighted by atomic mass is 9.87. The first-order chi connectivity index (χ1) is 12.6. The van der Waals surface area contributed by atoms with Crippen LogP contribution in [0.4, 0.5) is 13.2 Å². The molecular weight excluding hydrogens is 404 g/mol. The normalized spacial score (nSPS) is 19.6. The van der Waals surface area contributed by atoms with Crippen molar-refractivity contribution in [3.05, 3.63) is 68.7 Å². The Balaban J connectivity index is 2.04. The van der Waals surface area contributed by atoms with Crippen LogP contribution >= 0.6 is 23.2 Å². The standard InChI is InChI=1S/C18H13Cl2F3N2O2/c1-8-4-9(2-3-13(8)17(24)26)15-14(18(21,22)23)16(27-25-15)10-5-11(19)7-12(20)6-10/h2-7,14,16H,1H3,(H2,24,26). The highest BCUT2D eigenvalue weighted by Gasteiger charge is 2.53. The van der Waals surface area contributed by atoms with Crippen molar-refractivity contribution in [2.75, 3.05) is 0 Å². The lowest BCUT2D eigenvalue weighted by Crippen LogP contribution is -2.33. The van der Waals surface area contributed by atoms with Crippen molar-refractivity contribution in [3.8, 4) is 0 Å². The summed E-state index contributed by atoms with van der Waals surface area (Å²) in [6, 6.07) is 8.29. The molecule has 1 aliphatic heterocycles. The molecular formula is C18H13Cl2F3N2O2. The summed E-state index contributed by atoms with van der Waals surface area (Å²) < 4.78 is 41.5. The summed E-state index contributed by atoms with van der Waals surface area (Å²) in [5.74, 6) is -2.69. The quantitative estimate of drug-likeness (QED) is 0.759. The summed E-state index contributed by atoms with van der Waals surface area (Å²) in [5, 5.41) is 4.06. The van der Waals surface area contributed by atoms with Crippen molar-refractivity contribution >= 4 is 34.8 Å². The minimum absolute atomic E-state index is 0.166. The molecule has 0 saturated carbocycles. The highest BCUT2D eigenvalue weighted by Crippen LogP contribution is 2.45. The van der Waals surface area contributed by atoms with Gasteiger partial charge in [0.2, 0.25) is 5.91 Å². The number of hydrogen-bond donors (Lipinski definition) is 1. The van der Waals surface area contributed by atoms with E-state index in [9.17, 15) is 18.0 Å². The summed E-state index contributed by atoms with van der Waals surface area (Å²) in [4.78, 5) is 16.5. The van der Waals surface area contributed by atoms with Gasteiger partial charge in [-0.3, -0.25) is 4.79 Å². The SMILES string of the molecule is Cc1cc(C2=NOC(c3cc(Cl)cc(Cl)c3)C2C(F)(F)F)ccc1C(N)=O. The fraction of sp³-hybridized carbons (Fsp3) is 0.222. The van der Waals surface area contributed by atoms with Gasteiger partial charge in [-0.15, -0.1) is 0 Å². The summed E-state index contributed by atoms with van der Waals surface area (Å²) in [7, 11) is 0. The van der Waals surface area contributed by atoms with Crippen LogP contribution in [0.3, 0.4) is 0 Å². The van der Waals surface area contributed by atoms with E-state index < -0.39 is 24.1 Å². The third-order valence-electron chi connectivity index (χ3n) is 4.22. The highest BCUT2D eigenvalue weighted by atomic mass is 35.5. The van der Waals surface area contributed by atoms with Crippen molar-refractivity contribution in [1.29, 1.82) is 0 Å². The van der Waals surface area contributed by atoms with Gasteiger partial charge in [0.1, 0.15) is 11.6 Å². The second-order valence-corrected chi connectivity index (χ2v) is 6.99. The molecule has 2 unspecified atom stereocenters. The first-order valence-corrected chi connectivity index (χ1v) is 8.50. The number of rotatable bonds is 3. The van der Waals surface area contributed by atoms with Gasteiger partial charge in [-0.25, -0.2) is 0 Å². The number of halogens is 5. The Labute approximate surface area is 162 Å². The van der Waals surface area contributed by atoms with Crippen LogP contribution in [0.5, 0.6) is 0 Å². The maximum Gasteiger partial charge on any atom is 0.401 e. The largest absolute Gasteiger partial charge is 0.401 e. The number of oxime groups is 1. The van der Waals surface area contributed by atoms with Gasteiger partial charge in [0.25, 0.3) is 0 Å². The molecule has 1 amide bonds. The zero-order valence-corrected chi connectivity index (χ0v) is 15.4. The molecule has 0 aliphatic carbocycles. The van der Waals surface area contributed by atoms with E-state index in [4.69, 9.17) is 33.8 Å². The predicted molar refractivity (Wildman–Crippen MR) is 96.1 cm³/mol. The third kappa shape index (κ3) is 3.89. The Hall–Kier alpha value is -2.25. The Kier molecular flexibility index (Phi) is 5.10. The van der Waals surface area contributed by atoms with E-state index in [1.165, 1.54) is 36.4 Å². The van der Waals surface area contributed by atoms with E-state index in [0.29, 0.717) is 5.56 Å². The van der Waals surface area contributed by atoms with Gasteiger partial charge in [-0.1, -0.05) is 34.4 Å². The Bertz CT molecular complexity index is 924. The number of carbonyl (C=O) groups is 1. The second-order valence-electron chi connectivity index (χ2n) is 6.12. The van der Waals surface area contributed by atoms with Gasteiger partial charge in [-0.2, -0.15) is 13.2 Å². The van der Waals surface area contributed by atoms with Crippen molar-refractivity contribution in [2.45, 2.75) is 19.2 Å². The summed E-state index contributed by atoms with van der Waals surface area (Å²) in [6.07, 6.45) is -6.06. The molecule has 2 aromatic carbocycles. The summed E-state index contributed by atoms with van der Waals surface area (Å²) in [5.41, 5.74) is 5.97. The smallest absolute Gasteiger partial charge is 0.386 e. The third-order valence-corrected chi connectivity index (χ3v) is 4.65. The van der Waals surface area contributed by atoms with Gasteiger partial charge < -0.3 is 10.6 Å². The number of nitrogens with zero attached hydrogens (tertiary/aromatic N) is 1. The second kappa shape index (κ2) is 7.05. The summed E-state index contributed by atoms with van der Waals surface area (Å²) >= 11 is 11.8. The molecule has 9 heteroatoms. The van der Waals surface area contributed by atoms with E-state index in [1.807, 2.05) is 0 Å². The van der Waals surface area contributed by atoms with Gasteiger partial charge >= 0.3 is 6.18 Å². The topological polar surface area (TPSA) is 64.7 Å². The number of nitrogens with two attached hydrogens (primary N) is 1. The molecule has 2 N–H and O–H groups in total. The molecule has 3 rings (SSSR count). The minimum atomic E-state index is -4.63. The van der Waals surface area contributed by atoms with E-state index in [0.717, 1.165) is 0 Å². The van der Waals surface area contributed by atoms with Gasteiger partial charge in [-0.05, 0) is 48.4 Å². The lowest BCUT2D eigenvalue weighted by molar-refractivity contribution is -0.177. The summed E-state index contributed by atoms with van der Waals surface area (Å²) in [6.45, 7) is 1.58. The molecule has 2 atom stereocenters. The van der Waals surface area contributed by atoms with Gasteiger partial charge in [0, 0.05) is 21.2 Å². The zero-order chi connectivity index (χ0) is 19.9. The van der Waals surface area contributed by atoms with E-state index in [2.05, 4.69) is 5.16 Å². The first-order valence-electron chi connectivity index (χ1n) is 7.75. The number of carbonyl (C=O) groups excluding carboxylic acids is 1. The van der Waals surface area contributed by atoms with Crippen LogP contribution in [0, 0.1) is 12.8 Å². The van der Waals surface area contributed by atoms with Crippen molar-refractivity contribution in [1.82, 2.24) is 0 Å². The number of alkyl halides is 3. The monoisotopic (exact) mass is 416 g/mol. The number of primary amides is 1. The molecule has 0 radical (unpaired) electrons. The number of aryl methyl sites for hydroxylation is 1. The van der Waals surface area contributed by atoms with Gasteiger partial charge in [0.15, 0.2) is 6.10 Å². The van der Waals surface area contributed by atoms with E-state index in [1.54, 1.807) is 6.92 Å². The Morgan fingerprint density at radius 2 is 1.78 bits per heavy atom. The van der Waals surface area contributed by atoms with Crippen LogP contribution in [-0.4, -0.2) is 17.8 Å². The fourth-order valence-corrected chi connectivity index (χ4v) is 3.57. The first kappa shape index (κ1) is 19.5. The van der Waals surface area contributed by atoms with Gasteiger partial charge in [0.05, 0.1) is 0 Å². The lowest BCUT2D eigenvalue weighted by Gasteiger charge is -2.22. The van der Waals surface area contributed by atoms with Crippen LogP contribution in [0.1, 0.15) is 33.2 Å². The molecule has 0 fully saturated rings. The van der Waals surface area contributed by atoms with Crippen molar-refractivity contribution < 1.29 is 22.8 Å². The fourth-order valence-electron chi connectivity index (χ4n) is 3.03. The molecule has 1 heterocycles. The Morgan fingerprint density at radius 3 is 2.30 bits per heavy atom. The molecule has 142 valence electrons. The maximum atomic E-state index is 13.8. The van der Waals surface area contributed by atoms with Crippen molar-refractivity contribution in [3.63, 3.8) is 0 Å². The minimum Gasteiger partial charge on any atom is -0.386 e. The van der Waals surface area contributed by atoms with Crippen LogP contribution in [-0.2, 0) is 4.84 Å². The average molecular weight is 417 g/mol. The van der Waals surface area contributed by atoms with Crippen LogP contribution in [0.2, 0.25) is 10.0 Å². The molecule has 0 bridgehead atoms. The highest BCUT2D eigenvalue weighted by molar-refractivity contribution is 6.34. The molecule has 0 aromatic heterocycles.